The van der Waals surface area contributed by atoms with Gasteiger partial charge in [0.25, 0.3) is 5.91 Å². The largest absolute Gasteiger partial charge is 0.396 e. The van der Waals surface area contributed by atoms with E-state index in [0.717, 1.165) is 44.1 Å². The Kier molecular flexibility index (Phi) is 5.36. The van der Waals surface area contributed by atoms with Crippen LogP contribution in [0.1, 0.15) is 53.8 Å². The zero-order valence-corrected chi connectivity index (χ0v) is 17.4. The van der Waals surface area contributed by atoms with Gasteiger partial charge in [0.2, 0.25) is 0 Å². The zero-order valence-electron chi connectivity index (χ0n) is 16.5. The Morgan fingerprint density at radius 1 is 1.17 bits per heavy atom. The molecule has 2 heterocycles. The predicted molar refractivity (Wildman–Crippen MR) is 114 cm³/mol. The molecule has 1 amide bonds. The van der Waals surface area contributed by atoms with E-state index in [2.05, 4.69) is 10.3 Å². The summed E-state index contributed by atoms with van der Waals surface area (Å²) >= 11 is 0. The second-order valence-electron chi connectivity index (χ2n) is 7.85. The van der Waals surface area contributed by atoms with E-state index >= 15 is 0 Å². The van der Waals surface area contributed by atoms with Crippen molar-refractivity contribution in [3.8, 4) is 0 Å². The first-order chi connectivity index (χ1) is 13.9. The highest BCUT2D eigenvalue weighted by atomic mass is 32.2. The van der Waals surface area contributed by atoms with Crippen molar-refractivity contribution in [3.63, 3.8) is 0 Å². The summed E-state index contributed by atoms with van der Waals surface area (Å²) in [6.07, 6.45) is 9.93. The van der Waals surface area contributed by atoms with Gasteiger partial charge in [0.1, 0.15) is 0 Å². The van der Waals surface area contributed by atoms with E-state index in [0.29, 0.717) is 23.2 Å². The highest BCUT2D eigenvalue weighted by molar-refractivity contribution is 7.90. The van der Waals surface area contributed by atoms with Crippen LogP contribution in [0.3, 0.4) is 0 Å². The Labute approximate surface area is 171 Å². The average Bonchev–Trinajstić information content (AvgIpc) is 3.05. The normalized spacial score (nSPS) is 17.7. The number of sulfone groups is 1. The van der Waals surface area contributed by atoms with Gasteiger partial charge < -0.3 is 15.4 Å². The third kappa shape index (κ3) is 3.89. The van der Waals surface area contributed by atoms with Crippen LogP contribution in [0.15, 0.2) is 23.1 Å². The van der Waals surface area contributed by atoms with E-state index < -0.39 is 9.84 Å². The summed E-state index contributed by atoms with van der Waals surface area (Å²) in [7, 11) is -3.37. The Morgan fingerprint density at radius 3 is 2.72 bits per heavy atom. The van der Waals surface area contributed by atoms with Gasteiger partial charge in [-0.1, -0.05) is 6.42 Å². The van der Waals surface area contributed by atoms with Crippen LogP contribution in [0.5, 0.6) is 0 Å². The number of carbonyl (C=O) groups excluding carboxylic acids is 1. The number of H-pyrrole nitrogens is 1. The molecule has 0 fully saturated rings. The fourth-order valence-electron chi connectivity index (χ4n) is 4.30. The predicted octanol–water partition coefficient (Wildman–Crippen LogP) is 3.10. The van der Waals surface area contributed by atoms with Crippen molar-refractivity contribution in [1.29, 1.82) is 0 Å². The first kappa shape index (κ1) is 19.9. The lowest BCUT2D eigenvalue weighted by Gasteiger charge is -2.06. The number of benzene rings is 1. The van der Waals surface area contributed by atoms with Crippen molar-refractivity contribution in [1.82, 2.24) is 4.98 Å². The van der Waals surface area contributed by atoms with Crippen LogP contribution in [0.2, 0.25) is 0 Å². The van der Waals surface area contributed by atoms with Crippen LogP contribution in [-0.2, 0) is 33.9 Å². The molecule has 6 nitrogen and oxygen atoms in total. The zero-order chi connectivity index (χ0) is 20.6. The lowest BCUT2D eigenvalue weighted by Crippen LogP contribution is -2.04. The molecule has 2 aliphatic rings. The number of aliphatic hydroxyl groups is 1. The number of aliphatic hydroxyl groups excluding tert-OH is 1. The van der Waals surface area contributed by atoms with Gasteiger partial charge in [-0.2, -0.15) is 0 Å². The molecular weight excluding hydrogens is 388 g/mol. The van der Waals surface area contributed by atoms with Crippen LogP contribution >= 0.6 is 0 Å². The number of carbonyl (C=O) groups is 1. The Hall–Kier alpha value is -2.38. The van der Waals surface area contributed by atoms with Gasteiger partial charge in [-0.3, -0.25) is 4.79 Å². The van der Waals surface area contributed by atoms with E-state index in [9.17, 15) is 18.3 Å². The standard InChI is InChI=1S/C22H26N2O4S/c1-29(27,28)14-9-10-20-17(12-14)18(22(26)24-20)13-21-16(7-5-11-25)15-6-3-2-4-8-19(15)23-21/h9-10,12-13,23,25H,2-8,11H2,1H3,(H,24,26)/b18-13-. The molecule has 0 radical (unpaired) electrons. The third-order valence-electron chi connectivity index (χ3n) is 5.77. The highest BCUT2D eigenvalue weighted by Crippen LogP contribution is 2.36. The third-order valence-corrected chi connectivity index (χ3v) is 6.88. The van der Waals surface area contributed by atoms with E-state index in [1.165, 1.54) is 29.3 Å². The number of amides is 1. The Balaban J connectivity index is 1.82. The molecule has 0 unspecified atom stereocenters. The number of hydrogen-bond acceptors (Lipinski definition) is 4. The molecule has 0 bridgehead atoms. The van der Waals surface area contributed by atoms with Gasteiger partial charge in [0, 0.05) is 35.5 Å². The lowest BCUT2D eigenvalue weighted by molar-refractivity contribution is -0.110. The summed E-state index contributed by atoms with van der Waals surface area (Å²) in [5.41, 5.74) is 6.32. The highest BCUT2D eigenvalue weighted by Gasteiger charge is 2.27. The van der Waals surface area contributed by atoms with E-state index in [-0.39, 0.29) is 17.4 Å². The molecule has 0 saturated carbocycles. The van der Waals surface area contributed by atoms with E-state index in [1.54, 1.807) is 12.1 Å². The summed E-state index contributed by atoms with van der Waals surface area (Å²) in [6.45, 7) is 0.122. The Morgan fingerprint density at radius 2 is 1.97 bits per heavy atom. The van der Waals surface area contributed by atoms with Crippen molar-refractivity contribution >= 4 is 33.1 Å². The van der Waals surface area contributed by atoms with Crippen LogP contribution < -0.4 is 5.32 Å². The molecule has 154 valence electrons. The first-order valence-corrected chi connectivity index (χ1v) is 12.0. The van der Waals surface area contributed by atoms with Crippen molar-refractivity contribution in [2.75, 3.05) is 18.2 Å². The van der Waals surface area contributed by atoms with Crippen molar-refractivity contribution in [2.24, 2.45) is 0 Å². The first-order valence-electron chi connectivity index (χ1n) is 10.1. The summed E-state index contributed by atoms with van der Waals surface area (Å²) in [4.78, 5) is 16.4. The second-order valence-corrected chi connectivity index (χ2v) is 9.87. The monoisotopic (exact) mass is 414 g/mol. The minimum atomic E-state index is -3.37. The smallest absolute Gasteiger partial charge is 0.256 e. The topological polar surface area (TPSA) is 99.3 Å². The SMILES string of the molecule is CS(=O)(=O)c1ccc2c(c1)/C(=C/c1[nH]c3c(c1CCCO)CCCCC3)C(=O)N2. The van der Waals surface area contributed by atoms with E-state index in [1.807, 2.05) is 6.08 Å². The van der Waals surface area contributed by atoms with Crippen LogP contribution in [0.25, 0.3) is 11.6 Å². The van der Waals surface area contributed by atoms with Gasteiger partial charge >= 0.3 is 0 Å². The number of nitrogens with one attached hydrogen (secondary N) is 2. The summed E-state index contributed by atoms with van der Waals surface area (Å²) in [5, 5.41) is 12.2. The quantitative estimate of drug-likeness (QED) is 0.517. The van der Waals surface area contributed by atoms with Crippen LogP contribution in [0.4, 0.5) is 5.69 Å². The van der Waals surface area contributed by atoms with Gasteiger partial charge in [-0.05, 0) is 73.9 Å². The maximum absolute atomic E-state index is 12.6. The number of hydrogen-bond donors (Lipinski definition) is 3. The number of aromatic amines is 1. The van der Waals surface area contributed by atoms with Crippen molar-refractivity contribution < 1.29 is 18.3 Å². The average molecular weight is 415 g/mol. The molecule has 7 heteroatoms. The minimum absolute atomic E-state index is 0.122. The van der Waals surface area contributed by atoms with Gasteiger partial charge in [0.15, 0.2) is 9.84 Å². The number of fused-ring (bicyclic) bond motifs is 2. The van der Waals surface area contributed by atoms with Crippen LogP contribution in [0, 0.1) is 0 Å². The number of aromatic nitrogens is 1. The maximum Gasteiger partial charge on any atom is 0.256 e. The molecule has 0 atom stereocenters. The molecule has 1 aromatic heterocycles. The summed E-state index contributed by atoms with van der Waals surface area (Å²) in [5.74, 6) is -0.233. The molecule has 4 rings (SSSR count). The molecule has 2 aromatic rings. The lowest BCUT2D eigenvalue weighted by atomic mass is 9.98. The summed E-state index contributed by atoms with van der Waals surface area (Å²) < 4.78 is 23.9. The van der Waals surface area contributed by atoms with Crippen LogP contribution in [-0.4, -0.2) is 37.3 Å². The molecule has 3 N–H and O–H groups in total. The minimum Gasteiger partial charge on any atom is -0.396 e. The molecule has 1 aliphatic heterocycles. The number of rotatable bonds is 5. The van der Waals surface area contributed by atoms with Crippen molar-refractivity contribution in [2.45, 2.75) is 49.8 Å². The maximum atomic E-state index is 12.6. The molecule has 0 saturated heterocycles. The molecule has 0 spiro atoms. The Bertz CT molecular complexity index is 1100. The van der Waals surface area contributed by atoms with Crippen molar-refractivity contribution in [3.05, 3.63) is 46.3 Å². The fourth-order valence-corrected chi connectivity index (χ4v) is 4.95. The summed E-state index contributed by atoms with van der Waals surface area (Å²) in [6, 6.07) is 4.72. The second kappa shape index (κ2) is 7.80. The molecular formula is C22H26N2O4S. The van der Waals surface area contributed by atoms with Gasteiger partial charge in [-0.25, -0.2) is 8.42 Å². The molecule has 1 aliphatic carbocycles. The van der Waals surface area contributed by atoms with Gasteiger partial charge in [-0.15, -0.1) is 0 Å². The fraction of sp³-hybridized carbons (Fsp3) is 0.409. The number of aryl methyl sites for hydroxylation is 1. The van der Waals surface area contributed by atoms with E-state index in [4.69, 9.17) is 0 Å². The number of anilines is 1. The molecule has 29 heavy (non-hydrogen) atoms. The van der Waals surface area contributed by atoms with Gasteiger partial charge in [0.05, 0.1) is 10.5 Å². The molecule has 1 aromatic carbocycles.